The highest BCUT2D eigenvalue weighted by Gasteiger charge is 2.37. The number of nitrogens with zero attached hydrogens (tertiary/aromatic N) is 5. The molecule has 1 fully saturated rings. The molecular formula is C16H15N5O5. The number of carbonyl (C=O) groups is 1. The van der Waals surface area contributed by atoms with Crippen LogP contribution >= 0.6 is 0 Å². The fourth-order valence-corrected chi connectivity index (χ4v) is 2.97. The molecule has 3 heterocycles. The maximum Gasteiger partial charge on any atom is 0.335 e. The lowest BCUT2D eigenvalue weighted by Crippen LogP contribution is -2.02. The van der Waals surface area contributed by atoms with Crippen LogP contribution in [0.5, 0.6) is 5.88 Å². The third-order valence-corrected chi connectivity index (χ3v) is 4.34. The number of aromatic carboxylic acids is 1. The minimum atomic E-state index is -1.02. The molecule has 4 rings (SSSR count). The van der Waals surface area contributed by atoms with E-state index in [4.69, 9.17) is 15.2 Å². The standard InChI is InChI=1S/C16H14N4O3.HNO2/c1-8-4-10(8)11-6-20(14-13(11)15(21)19-7-18-14)12-5-9(16(22)23)2-3-17-12;2-1-3/h2-3,5-8,10H,4H2,1H3,(H,22,23)(H,18,19,21);(H,2,3). The Morgan fingerprint density at radius 1 is 1.35 bits per heavy atom. The first-order valence-electron chi connectivity index (χ1n) is 7.69. The van der Waals surface area contributed by atoms with Gasteiger partial charge in [-0.3, -0.25) is 4.57 Å². The normalized spacial score (nSPS) is 18.0. The lowest BCUT2D eigenvalue weighted by molar-refractivity contribution is 0.0696. The van der Waals surface area contributed by atoms with Gasteiger partial charge in [-0.1, -0.05) is 6.92 Å². The first-order chi connectivity index (χ1) is 12.5. The molecule has 1 aliphatic rings. The number of hydrogen-bond donors (Lipinski definition) is 3. The van der Waals surface area contributed by atoms with E-state index in [0.29, 0.717) is 28.7 Å². The van der Waals surface area contributed by atoms with Gasteiger partial charge in [0, 0.05) is 12.4 Å². The topological polar surface area (TPSA) is 151 Å². The molecule has 3 aromatic heterocycles. The Kier molecular flexibility index (Phi) is 4.48. The molecule has 0 spiro atoms. The van der Waals surface area contributed by atoms with Crippen LogP contribution in [-0.4, -0.2) is 40.9 Å². The predicted octanol–water partition coefficient (Wildman–Crippen LogP) is 2.48. The summed E-state index contributed by atoms with van der Waals surface area (Å²) >= 11 is 0. The molecule has 1 aliphatic carbocycles. The van der Waals surface area contributed by atoms with Gasteiger partial charge >= 0.3 is 5.97 Å². The summed E-state index contributed by atoms with van der Waals surface area (Å²) in [4.78, 5) is 31.6. The van der Waals surface area contributed by atoms with Crippen LogP contribution < -0.4 is 0 Å². The van der Waals surface area contributed by atoms with Gasteiger partial charge in [-0.15, -0.1) is 4.91 Å². The highest BCUT2D eigenvalue weighted by molar-refractivity contribution is 5.89. The minimum Gasteiger partial charge on any atom is -0.493 e. The maximum absolute atomic E-state index is 11.2. The molecule has 3 aromatic rings. The molecule has 26 heavy (non-hydrogen) atoms. The summed E-state index contributed by atoms with van der Waals surface area (Å²) in [6.07, 6.45) is 5.66. The van der Waals surface area contributed by atoms with Gasteiger partial charge in [0.05, 0.1) is 10.9 Å². The van der Waals surface area contributed by atoms with Gasteiger partial charge in [0.1, 0.15) is 12.1 Å². The van der Waals surface area contributed by atoms with E-state index in [1.807, 2.05) is 6.20 Å². The van der Waals surface area contributed by atoms with Crippen LogP contribution in [0, 0.1) is 10.8 Å². The van der Waals surface area contributed by atoms with Crippen LogP contribution in [0.3, 0.4) is 0 Å². The number of hydrogen-bond acceptors (Lipinski definition) is 7. The van der Waals surface area contributed by atoms with Crippen LogP contribution in [0.15, 0.2) is 36.2 Å². The molecule has 2 atom stereocenters. The number of aromatic nitrogens is 4. The first kappa shape index (κ1) is 17.3. The second-order valence-corrected chi connectivity index (χ2v) is 5.96. The van der Waals surface area contributed by atoms with Gasteiger partial charge in [0.2, 0.25) is 5.88 Å². The average Bonchev–Trinajstić information content (AvgIpc) is 3.21. The van der Waals surface area contributed by atoms with Crippen molar-refractivity contribution in [2.75, 3.05) is 0 Å². The van der Waals surface area contributed by atoms with Crippen LogP contribution in [-0.2, 0) is 0 Å². The fraction of sp³-hybridized carbons (Fsp3) is 0.250. The monoisotopic (exact) mass is 357 g/mol. The SMILES string of the molecule is CC1CC1c1cn(-c2cc(C(=O)O)ccn2)c2ncnc(O)c12.O=NO. The van der Waals surface area contributed by atoms with Crippen molar-refractivity contribution < 1.29 is 20.2 Å². The summed E-state index contributed by atoms with van der Waals surface area (Å²) in [6.45, 7) is 2.15. The summed E-state index contributed by atoms with van der Waals surface area (Å²) in [5.41, 5.74) is 1.66. The van der Waals surface area contributed by atoms with E-state index in [-0.39, 0.29) is 11.4 Å². The van der Waals surface area contributed by atoms with Gasteiger partial charge in [-0.05, 0) is 36.0 Å². The van der Waals surface area contributed by atoms with Gasteiger partial charge in [0.15, 0.2) is 11.0 Å². The van der Waals surface area contributed by atoms with Crippen molar-refractivity contribution in [2.24, 2.45) is 11.3 Å². The van der Waals surface area contributed by atoms with Crippen molar-refractivity contribution in [3.63, 3.8) is 0 Å². The van der Waals surface area contributed by atoms with Crippen molar-refractivity contribution >= 4 is 17.0 Å². The molecule has 0 aliphatic heterocycles. The molecule has 0 bridgehead atoms. The van der Waals surface area contributed by atoms with Crippen molar-refractivity contribution in [2.45, 2.75) is 19.3 Å². The Hall–Kier alpha value is -3.56. The Morgan fingerprint density at radius 2 is 2.04 bits per heavy atom. The minimum absolute atomic E-state index is 0.0581. The average molecular weight is 357 g/mol. The van der Waals surface area contributed by atoms with Crippen molar-refractivity contribution in [1.29, 1.82) is 0 Å². The molecule has 10 heteroatoms. The molecule has 0 saturated heterocycles. The van der Waals surface area contributed by atoms with Crippen LogP contribution in [0.25, 0.3) is 16.9 Å². The summed E-state index contributed by atoms with van der Waals surface area (Å²) in [5, 5.41) is 27.8. The highest BCUT2D eigenvalue weighted by Crippen LogP contribution is 2.50. The van der Waals surface area contributed by atoms with Gasteiger partial charge in [-0.25, -0.2) is 19.7 Å². The maximum atomic E-state index is 11.2. The number of carboxylic acids is 1. The number of aromatic hydroxyl groups is 1. The van der Waals surface area contributed by atoms with Crippen LogP contribution in [0.1, 0.15) is 35.2 Å². The predicted molar refractivity (Wildman–Crippen MR) is 89.4 cm³/mol. The van der Waals surface area contributed by atoms with E-state index in [9.17, 15) is 9.90 Å². The smallest absolute Gasteiger partial charge is 0.335 e. The molecule has 1 saturated carbocycles. The van der Waals surface area contributed by atoms with E-state index in [0.717, 1.165) is 12.0 Å². The summed E-state index contributed by atoms with van der Waals surface area (Å²) in [5.74, 6) is 0.286. The van der Waals surface area contributed by atoms with Crippen LogP contribution in [0.4, 0.5) is 0 Å². The van der Waals surface area contributed by atoms with Crippen molar-refractivity contribution in [3.8, 4) is 11.7 Å². The zero-order valence-corrected chi connectivity index (χ0v) is 13.6. The zero-order valence-electron chi connectivity index (χ0n) is 13.6. The number of fused-ring (bicyclic) bond motifs is 1. The lowest BCUT2D eigenvalue weighted by atomic mass is 10.1. The molecular weight excluding hydrogens is 342 g/mol. The van der Waals surface area contributed by atoms with Gasteiger partial charge in [0.25, 0.3) is 0 Å². The number of carboxylic acid groups (broad SMARTS) is 1. The third-order valence-electron chi connectivity index (χ3n) is 4.34. The highest BCUT2D eigenvalue weighted by atomic mass is 16.6. The molecule has 0 aromatic carbocycles. The van der Waals surface area contributed by atoms with Crippen molar-refractivity contribution in [3.05, 3.63) is 46.9 Å². The molecule has 134 valence electrons. The Balaban J connectivity index is 0.000000613. The molecule has 2 unspecified atom stereocenters. The summed E-state index contributed by atoms with van der Waals surface area (Å²) in [7, 11) is 0. The Labute approximate surface area is 146 Å². The molecule has 0 amide bonds. The quantitative estimate of drug-likeness (QED) is 0.477. The first-order valence-corrected chi connectivity index (χ1v) is 7.69. The van der Waals surface area contributed by atoms with E-state index in [2.05, 4.69) is 21.9 Å². The number of pyridine rings is 1. The molecule has 0 radical (unpaired) electrons. The van der Waals surface area contributed by atoms with E-state index in [1.54, 1.807) is 4.57 Å². The van der Waals surface area contributed by atoms with Gasteiger partial charge in [-0.2, -0.15) is 0 Å². The van der Waals surface area contributed by atoms with E-state index < -0.39 is 5.97 Å². The van der Waals surface area contributed by atoms with Crippen LogP contribution in [0.2, 0.25) is 0 Å². The van der Waals surface area contributed by atoms with E-state index in [1.165, 1.54) is 30.0 Å². The molecule has 10 nitrogen and oxygen atoms in total. The molecule has 3 N–H and O–H groups in total. The summed E-state index contributed by atoms with van der Waals surface area (Å²) in [6, 6.07) is 2.93. The largest absolute Gasteiger partial charge is 0.493 e. The zero-order chi connectivity index (χ0) is 18.8. The summed E-state index contributed by atoms with van der Waals surface area (Å²) < 4.78 is 1.71. The Morgan fingerprint density at radius 3 is 2.65 bits per heavy atom. The third kappa shape index (κ3) is 3.04. The fourth-order valence-electron chi connectivity index (χ4n) is 2.97. The second kappa shape index (κ2) is 6.75. The Bertz CT molecular complexity index is 986. The van der Waals surface area contributed by atoms with Gasteiger partial charge < -0.3 is 15.4 Å². The van der Waals surface area contributed by atoms with Crippen molar-refractivity contribution in [1.82, 2.24) is 19.5 Å². The lowest BCUT2D eigenvalue weighted by Gasteiger charge is -2.04. The number of rotatable bonds is 3. The second-order valence-electron chi connectivity index (χ2n) is 5.96. The van der Waals surface area contributed by atoms with E-state index >= 15 is 0 Å².